The molecule has 41 heavy (non-hydrogen) atoms. The number of piperidine rings is 1. The van der Waals surface area contributed by atoms with Crippen molar-refractivity contribution in [2.24, 2.45) is 5.73 Å². The molecule has 3 N–H and O–H groups in total. The van der Waals surface area contributed by atoms with Crippen molar-refractivity contribution in [3.8, 4) is 11.5 Å². The summed E-state index contributed by atoms with van der Waals surface area (Å²) in [6, 6.07) is 19.6. The molecule has 2 aliphatic rings. The molecule has 9 heteroatoms. The minimum absolute atomic E-state index is 0.0834. The first-order valence-electron chi connectivity index (χ1n) is 13.9. The van der Waals surface area contributed by atoms with Gasteiger partial charge in [-0.15, -0.1) is 0 Å². The van der Waals surface area contributed by atoms with E-state index in [1.165, 1.54) is 13.2 Å². The van der Waals surface area contributed by atoms with E-state index in [9.17, 15) is 9.59 Å². The second kappa shape index (κ2) is 11.9. The zero-order valence-electron chi connectivity index (χ0n) is 23.5. The van der Waals surface area contributed by atoms with Crippen molar-refractivity contribution in [2.75, 3.05) is 26.7 Å². The van der Waals surface area contributed by atoms with E-state index < -0.39 is 23.1 Å². The van der Waals surface area contributed by atoms with Gasteiger partial charge in [-0.05, 0) is 74.1 Å². The lowest BCUT2D eigenvalue weighted by atomic mass is 9.78. The maximum Gasteiger partial charge on any atom is 0.406 e. The zero-order valence-corrected chi connectivity index (χ0v) is 23.5. The van der Waals surface area contributed by atoms with Crippen LogP contribution >= 0.6 is 0 Å². The molecule has 0 unspecified atom stereocenters. The molecule has 3 aromatic carbocycles. The van der Waals surface area contributed by atoms with Crippen LogP contribution in [0.15, 0.2) is 66.7 Å². The highest BCUT2D eigenvalue weighted by Gasteiger charge is 2.72. The topological polar surface area (TPSA) is 106 Å². The molecule has 0 aliphatic carbocycles. The Morgan fingerprint density at radius 3 is 2.63 bits per heavy atom. The minimum Gasteiger partial charge on any atom is -0.454 e. The molecule has 1 spiro atoms. The van der Waals surface area contributed by atoms with Gasteiger partial charge in [-0.3, -0.25) is 4.79 Å². The molecule has 0 saturated carbocycles. The van der Waals surface area contributed by atoms with Crippen LogP contribution in [0.4, 0.5) is 9.18 Å². The van der Waals surface area contributed by atoms with E-state index in [1.54, 1.807) is 24.3 Å². The number of aryl methyl sites for hydroxylation is 1. The summed E-state index contributed by atoms with van der Waals surface area (Å²) < 4.78 is 33.0. The number of alkyl carbamates (subject to hydrolysis) is 1. The number of epoxide rings is 1. The second-order valence-corrected chi connectivity index (χ2v) is 10.7. The predicted molar refractivity (Wildman–Crippen MR) is 152 cm³/mol. The summed E-state index contributed by atoms with van der Waals surface area (Å²) in [7, 11) is 1.31. The summed E-state index contributed by atoms with van der Waals surface area (Å²) in [5, 5.41) is 2.71. The van der Waals surface area contributed by atoms with Gasteiger partial charge in [-0.25, -0.2) is 9.18 Å². The third-order valence-electron chi connectivity index (χ3n) is 8.01. The quantitative estimate of drug-likeness (QED) is 0.267. The van der Waals surface area contributed by atoms with Gasteiger partial charge in [0.15, 0.2) is 11.6 Å². The summed E-state index contributed by atoms with van der Waals surface area (Å²) in [4.78, 5) is 27.0. The molecule has 2 heterocycles. The Bertz CT molecular complexity index is 1410. The number of nitrogens with two attached hydrogens (primary N) is 1. The number of carbonyl (C=O) groups is 2. The molecule has 3 aromatic rings. The molecule has 0 radical (unpaired) electrons. The number of halogens is 1. The third-order valence-corrected chi connectivity index (χ3v) is 8.01. The van der Waals surface area contributed by atoms with E-state index in [0.29, 0.717) is 62.3 Å². The summed E-state index contributed by atoms with van der Waals surface area (Å²) >= 11 is 0. The third kappa shape index (κ3) is 5.78. The highest BCUT2D eigenvalue weighted by atomic mass is 19.1. The van der Waals surface area contributed by atoms with Crippen LogP contribution in [0.2, 0.25) is 0 Å². The van der Waals surface area contributed by atoms with Gasteiger partial charge in [-0.2, -0.15) is 0 Å². The fourth-order valence-electron chi connectivity index (χ4n) is 5.92. The fourth-order valence-corrected chi connectivity index (χ4v) is 5.92. The Kier molecular flexibility index (Phi) is 8.28. The molecule has 5 rings (SSSR count). The first-order valence-corrected chi connectivity index (χ1v) is 13.9. The molecular weight excluding hydrogens is 525 g/mol. The largest absolute Gasteiger partial charge is 0.454 e. The Morgan fingerprint density at radius 2 is 1.90 bits per heavy atom. The van der Waals surface area contributed by atoms with Gasteiger partial charge >= 0.3 is 6.09 Å². The van der Waals surface area contributed by atoms with E-state index in [4.69, 9.17) is 19.9 Å². The Balaban J connectivity index is 1.46. The Hall–Kier alpha value is -3.95. The number of amides is 2. The number of likely N-dealkylation sites (tertiary alicyclic amines) is 1. The molecule has 8 nitrogen and oxygen atoms in total. The number of rotatable bonds is 9. The van der Waals surface area contributed by atoms with Crippen LogP contribution in [0.5, 0.6) is 11.5 Å². The Labute approximate surface area is 239 Å². The van der Waals surface area contributed by atoms with Crippen molar-refractivity contribution >= 4 is 12.0 Å². The molecule has 2 saturated heterocycles. The SMILES string of the molecule is COC(=O)NCCC[C@]1(c2cccc(F)c2Oc2cccc(C)c2)O[C@@]12CCCN(C(=O)c1ccc(CN)cc1)C2. The highest BCUT2D eigenvalue weighted by Crippen LogP contribution is 2.64. The van der Waals surface area contributed by atoms with Gasteiger partial charge in [0, 0.05) is 30.8 Å². The van der Waals surface area contributed by atoms with Crippen molar-refractivity contribution in [3.05, 3.63) is 94.8 Å². The van der Waals surface area contributed by atoms with Crippen LogP contribution in [0.1, 0.15) is 52.7 Å². The van der Waals surface area contributed by atoms with E-state index in [1.807, 2.05) is 48.2 Å². The van der Waals surface area contributed by atoms with Crippen molar-refractivity contribution in [1.29, 1.82) is 0 Å². The van der Waals surface area contributed by atoms with Gasteiger partial charge in [0.1, 0.15) is 17.0 Å². The molecule has 2 atom stereocenters. The van der Waals surface area contributed by atoms with Crippen molar-refractivity contribution in [2.45, 2.75) is 50.4 Å². The van der Waals surface area contributed by atoms with Crippen molar-refractivity contribution in [1.82, 2.24) is 10.2 Å². The highest BCUT2D eigenvalue weighted by molar-refractivity contribution is 5.94. The standard InChI is InChI=1S/C32H36FN3O5/c1-22-7-3-8-25(19-22)40-28-26(9-4-10-27(28)33)32(16-5-17-35-30(38)39-2)31(41-32)15-6-18-36(21-31)29(37)24-13-11-23(20-34)12-14-24/h3-4,7-14,19H,5-6,15-18,20-21,34H2,1-2H3,(H,35,38)/t31-,32-/m1/s1. The summed E-state index contributed by atoms with van der Waals surface area (Å²) in [5.74, 6) is 0.0528. The number of nitrogens with zero attached hydrogens (tertiary/aromatic N) is 1. The fraction of sp³-hybridized carbons (Fsp3) is 0.375. The van der Waals surface area contributed by atoms with Crippen LogP contribution in [0.3, 0.4) is 0 Å². The van der Waals surface area contributed by atoms with Crippen molar-refractivity contribution < 1.29 is 28.2 Å². The van der Waals surface area contributed by atoms with Gasteiger partial charge in [0.2, 0.25) is 0 Å². The maximum absolute atomic E-state index is 15.5. The lowest BCUT2D eigenvalue weighted by Gasteiger charge is -2.34. The Morgan fingerprint density at radius 1 is 1.12 bits per heavy atom. The van der Waals surface area contributed by atoms with Gasteiger partial charge < -0.3 is 30.2 Å². The first kappa shape index (κ1) is 28.6. The molecule has 0 bridgehead atoms. The van der Waals surface area contributed by atoms with E-state index in [0.717, 1.165) is 17.5 Å². The maximum atomic E-state index is 15.5. The molecule has 2 fully saturated rings. The number of carbonyl (C=O) groups excluding carboxylic acids is 2. The summed E-state index contributed by atoms with van der Waals surface area (Å²) in [6.07, 6.45) is 1.95. The van der Waals surface area contributed by atoms with Gasteiger partial charge in [-0.1, -0.05) is 36.4 Å². The number of methoxy groups -OCH3 is 1. The number of nitrogens with one attached hydrogen (secondary N) is 1. The molecule has 2 aliphatic heterocycles. The number of benzene rings is 3. The lowest BCUT2D eigenvalue weighted by molar-refractivity contribution is 0.0630. The first-order chi connectivity index (χ1) is 19.8. The monoisotopic (exact) mass is 561 g/mol. The van der Waals surface area contributed by atoms with Crippen LogP contribution < -0.4 is 15.8 Å². The second-order valence-electron chi connectivity index (χ2n) is 10.7. The van der Waals surface area contributed by atoms with E-state index in [-0.39, 0.29) is 11.7 Å². The van der Waals surface area contributed by atoms with Gasteiger partial charge in [0.05, 0.1) is 13.7 Å². The number of para-hydroxylation sites is 1. The predicted octanol–water partition coefficient (Wildman–Crippen LogP) is 5.42. The van der Waals surface area contributed by atoms with Gasteiger partial charge in [0.25, 0.3) is 5.91 Å². The van der Waals surface area contributed by atoms with Crippen LogP contribution in [0, 0.1) is 12.7 Å². The van der Waals surface area contributed by atoms with Crippen LogP contribution in [-0.2, 0) is 21.6 Å². The average Bonchev–Trinajstić information content (AvgIpc) is 3.60. The minimum atomic E-state index is -0.908. The lowest BCUT2D eigenvalue weighted by Crippen LogP contribution is -2.47. The molecular formula is C32H36FN3O5. The average molecular weight is 562 g/mol. The van der Waals surface area contributed by atoms with E-state index >= 15 is 4.39 Å². The number of hydrogen-bond donors (Lipinski definition) is 2. The number of ether oxygens (including phenoxy) is 3. The molecule has 0 aromatic heterocycles. The molecule has 2 amide bonds. The van der Waals surface area contributed by atoms with Crippen molar-refractivity contribution in [3.63, 3.8) is 0 Å². The molecule has 216 valence electrons. The van der Waals surface area contributed by atoms with E-state index in [2.05, 4.69) is 5.32 Å². The van der Waals surface area contributed by atoms with Crippen LogP contribution in [0.25, 0.3) is 0 Å². The smallest absolute Gasteiger partial charge is 0.406 e. The number of hydrogen-bond acceptors (Lipinski definition) is 6. The summed E-state index contributed by atoms with van der Waals surface area (Å²) in [6.45, 7) is 3.66. The summed E-state index contributed by atoms with van der Waals surface area (Å²) in [5.41, 5.74) is 7.22. The zero-order chi connectivity index (χ0) is 29.0. The van der Waals surface area contributed by atoms with Crippen LogP contribution in [-0.4, -0.2) is 49.2 Å². The normalized spacial score (nSPS) is 21.4.